The van der Waals surface area contributed by atoms with E-state index in [0.29, 0.717) is 32.3 Å². The van der Waals surface area contributed by atoms with Crippen molar-refractivity contribution in [2.45, 2.75) is 18.6 Å². The number of ether oxygens (including phenoxy) is 1. The summed E-state index contributed by atoms with van der Waals surface area (Å²) in [5.41, 5.74) is 0. The smallest absolute Gasteiger partial charge is 0.245 e. The second-order valence-electron chi connectivity index (χ2n) is 5.14. The number of amides is 1. The fourth-order valence-corrected chi connectivity index (χ4v) is 2.89. The van der Waals surface area contributed by atoms with E-state index in [4.69, 9.17) is 4.74 Å². The number of hydrogen-bond donors (Lipinski definition) is 0. The molecule has 0 spiro atoms. The highest BCUT2D eigenvalue weighted by Gasteiger charge is 2.40. The van der Waals surface area contributed by atoms with Crippen LogP contribution in [0.2, 0.25) is 0 Å². The molecule has 0 aromatic carbocycles. The van der Waals surface area contributed by atoms with Crippen LogP contribution in [0.15, 0.2) is 16.9 Å². The molecule has 0 N–H and O–H groups in total. The van der Waals surface area contributed by atoms with Crippen LogP contribution in [0.3, 0.4) is 0 Å². The number of nitrogens with zero attached hydrogens (tertiary/aromatic N) is 4. The Morgan fingerprint density at radius 2 is 2.00 bits per heavy atom. The Bertz CT molecular complexity index is 509. The molecule has 0 bridgehead atoms. The zero-order chi connectivity index (χ0) is 14.8. The number of aromatic nitrogens is 2. The van der Waals surface area contributed by atoms with E-state index in [2.05, 4.69) is 25.9 Å². The Labute approximate surface area is 130 Å². The zero-order valence-electron chi connectivity index (χ0n) is 11.4. The van der Waals surface area contributed by atoms with Gasteiger partial charge in [0.05, 0.1) is 24.2 Å². The van der Waals surface area contributed by atoms with Gasteiger partial charge >= 0.3 is 0 Å². The molecule has 0 aliphatic carbocycles. The first-order valence-corrected chi connectivity index (χ1v) is 7.69. The minimum Gasteiger partial charge on any atom is -0.378 e. The molecule has 1 aromatic rings. The first-order valence-electron chi connectivity index (χ1n) is 6.90. The van der Waals surface area contributed by atoms with Crippen LogP contribution in [0.1, 0.15) is 6.42 Å². The Morgan fingerprint density at radius 3 is 2.67 bits per heavy atom. The van der Waals surface area contributed by atoms with Crippen molar-refractivity contribution < 1.29 is 13.9 Å². The average molecular weight is 359 g/mol. The van der Waals surface area contributed by atoms with Crippen LogP contribution < -0.4 is 4.90 Å². The first-order chi connectivity index (χ1) is 10.1. The van der Waals surface area contributed by atoms with E-state index in [1.807, 2.05) is 0 Å². The topological polar surface area (TPSA) is 58.6 Å². The average Bonchev–Trinajstić information content (AvgIpc) is 2.90. The lowest BCUT2D eigenvalue weighted by molar-refractivity contribution is -0.136. The normalized spacial score (nSPS) is 26.2. The molecule has 2 aliphatic rings. The van der Waals surface area contributed by atoms with Gasteiger partial charge in [-0.1, -0.05) is 0 Å². The summed E-state index contributed by atoms with van der Waals surface area (Å²) in [5, 5.41) is 0. The molecule has 1 amide bonds. The van der Waals surface area contributed by atoms with Crippen LogP contribution in [0.5, 0.6) is 0 Å². The lowest BCUT2D eigenvalue weighted by Gasteiger charge is -2.32. The summed E-state index contributed by atoms with van der Waals surface area (Å²) in [5.74, 6) is 0.329. The highest BCUT2D eigenvalue weighted by Crippen LogP contribution is 2.26. The SMILES string of the molecule is O=C([C@@H]1C[C@@H](F)CN1c1ncc(Br)cn1)N1CCOCC1. The van der Waals surface area contributed by atoms with Crippen LogP contribution in [-0.4, -0.2) is 65.8 Å². The summed E-state index contributed by atoms with van der Waals surface area (Å²) >= 11 is 3.27. The summed E-state index contributed by atoms with van der Waals surface area (Å²) in [4.78, 5) is 24.3. The van der Waals surface area contributed by atoms with Crippen molar-refractivity contribution in [2.75, 3.05) is 37.7 Å². The van der Waals surface area contributed by atoms with Crippen molar-refractivity contribution in [1.82, 2.24) is 14.9 Å². The van der Waals surface area contributed by atoms with E-state index in [0.717, 1.165) is 4.47 Å². The molecule has 8 heteroatoms. The van der Waals surface area contributed by atoms with Gasteiger partial charge in [-0.15, -0.1) is 0 Å². The molecular weight excluding hydrogens is 343 g/mol. The number of halogens is 2. The summed E-state index contributed by atoms with van der Waals surface area (Å²) in [7, 11) is 0. The molecule has 3 rings (SSSR count). The number of alkyl halides is 1. The van der Waals surface area contributed by atoms with Gasteiger partial charge in [0.2, 0.25) is 11.9 Å². The van der Waals surface area contributed by atoms with Gasteiger partial charge in [0.15, 0.2) is 0 Å². The molecule has 6 nitrogen and oxygen atoms in total. The molecule has 2 aliphatic heterocycles. The maximum atomic E-state index is 13.8. The van der Waals surface area contributed by atoms with E-state index in [1.54, 1.807) is 22.2 Å². The van der Waals surface area contributed by atoms with Crippen molar-refractivity contribution in [3.05, 3.63) is 16.9 Å². The van der Waals surface area contributed by atoms with Gasteiger partial charge in [-0.25, -0.2) is 14.4 Å². The van der Waals surface area contributed by atoms with E-state index < -0.39 is 12.2 Å². The highest BCUT2D eigenvalue weighted by atomic mass is 79.9. The summed E-state index contributed by atoms with van der Waals surface area (Å²) < 4.78 is 19.8. The number of hydrogen-bond acceptors (Lipinski definition) is 5. The molecule has 0 unspecified atom stereocenters. The third-order valence-corrected chi connectivity index (χ3v) is 4.13. The predicted octanol–water partition coefficient (Wildman–Crippen LogP) is 1.01. The van der Waals surface area contributed by atoms with Crippen molar-refractivity contribution in [3.8, 4) is 0 Å². The van der Waals surface area contributed by atoms with Crippen molar-refractivity contribution in [2.24, 2.45) is 0 Å². The Balaban J connectivity index is 1.78. The lowest BCUT2D eigenvalue weighted by Crippen LogP contribution is -2.50. The summed E-state index contributed by atoms with van der Waals surface area (Å²) in [6.45, 7) is 2.34. The standard InChI is InChI=1S/C13H16BrFN4O2/c14-9-6-16-13(17-7-9)19-8-10(15)5-11(19)12(20)18-1-3-21-4-2-18/h6-7,10-11H,1-5,8H2/t10-,11+/m1/s1. The zero-order valence-corrected chi connectivity index (χ0v) is 13.0. The van der Waals surface area contributed by atoms with Gasteiger partial charge in [-0.2, -0.15) is 0 Å². The van der Waals surface area contributed by atoms with E-state index >= 15 is 0 Å². The van der Waals surface area contributed by atoms with Crippen molar-refractivity contribution in [3.63, 3.8) is 0 Å². The Morgan fingerprint density at radius 1 is 1.33 bits per heavy atom. The Hall–Kier alpha value is -1.28. The number of carbonyl (C=O) groups excluding carboxylic acids is 1. The third-order valence-electron chi connectivity index (χ3n) is 3.72. The van der Waals surface area contributed by atoms with Crippen molar-refractivity contribution in [1.29, 1.82) is 0 Å². The number of anilines is 1. The second-order valence-corrected chi connectivity index (χ2v) is 6.06. The molecule has 114 valence electrons. The number of carbonyl (C=O) groups is 1. The molecule has 1 aromatic heterocycles. The fraction of sp³-hybridized carbons (Fsp3) is 0.615. The van der Waals surface area contributed by atoms with Gasteiger partial charge in [0, 0.05) is 31.9 Å². The molecular formula is C13H16BrFN4O2. The second kappa shape index (κ2) is 6.23. The maximum absolute atomic E-state index is 13.8. The molecule has 2 fully saturated rings. The van der Waals surface area contributed by atoms with Crippen LogP contribution in [0.25, 0.3) is 0 Å². The van der Waals surface area contributed by atoms with Gasteiger partial charge < -0.3 is 14.5 Å². The molecule has 2 atom stereocenters. The largest absolute Gasteiger partial charge is 0.378 e. The maximum Gasteiger partial charge on any atom is 0.245 e. The van der Waals surface area contributed by atoms with Crippen LogP contribution in [0.4, 0.5) is 10.3 Å². The third kappa shape index (κ3) is 3.16. The summed E-state index contributed by atoms with van der Waals surface area (Å²) in [6, 6.07) is -0.528. The van der Waals surface area contributed by atoms with Gasteiger partial charge in [-0.05, 0) is 15.9 Å². The quantitative estimate of drug-likeness (QED) is 0.789. The summed E-state index contributed by atoms with van der Waals surface area (Å²) in [6.07, 6.45) is 2.36. The molecule has 2 saturated heterocycles. The predicted molar refractivity (Wildman–Crippen MR) is 77.8 cm³/mol. The lowest BCUT2D eigenvalue weighted by atomic mass is 10.1. The first kappa shape index (κ1) is 14.6. The minimum absolute atomic E-state index is 0.0648. The molecule has 21 heavy (non-hydrogen) atoms. The molecule has 0 saturated carbocycles. The van der Waals surface area contributed by atoms with Gasteiger partial charge in [0.25, 0.3) is 0 Å². The van der Waals surface area contributed by atoms with E-state index in [-0.39, 0.29) is 18.9 Å². The van der Waals surface area contributed by atoms with E-state index in [1.165, 1.54) is 0 Å². The van der Waals surface area contributed by atoms with Gasteiger partial charge in [0.1, 0.15) is 12.2 Å². The monoisotopic (exact) mass is 358 g/mol. The van der Waals surface area contributed by atoms with Crippen LogP contribution in [-0.2, 0) is 9.53 Å². The van der Waals surface area contributed by atoms with Gasteiger partial charge in [-0.3, -0.25) is 4.79 Å². The van der Waals surface area contributed by atoms with E-state index in [9.17, 15) is 9.18 Å². The van der Waals surface area contributed by atoms with Crippen LogP contribution in [0, 0.1) is 0 Å². The van der Waals surface area contributed by atoms with Crippen molar-refractivity contribution >= 4 is 27.8 Å². The number of morpholine rings is 1. The molecule has 3 heterocycles. The van der Waals surface area contributed by atoms with Crippen LogP contribution >= 0.6 is 15.9 Å². The highest BCUT2D eigenvalue weighted by molar-refractivity contribution is 9.10. The minimum atomic E-state index is -1.03. The Kier molecular flexibility index (Phi) is 4.34. The molecule has 0 radical (unpaired) electrons. The fourth-order valence-electron chi connectivity index (χ4n) is 2.69. The number of rotatable bonds is 2.